The molecule has 0 saturated heterocycles. The van der Waals surface area contributed by atoms with Crippen LogP contribution in [0.3, 0.4) is 0 Å². The van der Waals surface area contributed by atoms with Crippen LogP contribution in [0.15, 0.2) is 88.4 Å². The van der Waals surface area contributed by atoms with Crippen LogP contribution in [-0.2, 0) is 29.1 Å². The molecule has 0 aliphatic carbocycles. The lowest BCUT2D eigenvalue weighted by molar-refractivity contribution is -0.113. The topological polar surface area (TPSA) is 123 Å². The highest BCUT2D eigenvalue weighted by Crippen LogP contribution is 2.38. The number of amides is 1. The third-order valence-corrected chi connectivity index (χ3v) is 7.98. The smallest absolute Gasteiger partial charge is 0.339 e. The normalized spacial score (nSPS) is 15.0. The van der Waals surface area contributed by atoms with Gasteiger partial charge in [-0.25, -0.2) is 13.4 Å². The molecule has 1 aliphatic rings. The molecule has 1 amide bonds. The third-order valence-electron chi connectivity index (χ3n) is 4.92. The number of aromatic nitrogens is 1. The second-order valence-electron chi connectivity index (χ2n) is 7.17. The van der Waals surface area contributed by atoms with Gasteiger partial charge in [0.15, 0.2) is 11.5 Å². The van der Waals surface area contributed by atoms with Crippen LogP contribution in [0.2, 0.25) is 0 Å². The van der Waals surface area contributed by atoms with Gasteiger partial charge >= 0.3 is 10.1 Å². The number of hydrogen-bond donors (Lipinski definition) is 1. The Bertz CT molecular complexity index is 1470. The van der Waals surface area contributed by atoms with Crippen LogP contribution in [0, 0.1) is 6.92 Å². The summed E-state index contributed by atoms with van der Waals surface area (Å²) in [5, 5.41) is 2.48. The molecule has 4 rings (SSSR count). The first-order valence-electron chi connectivity index (χ1n) is 9.67. The molecule has 0 atom stereocenters. The Balaban J connectivity index is 1.89. The number of nitrogens with zero attached hydrogens (tertiary/aromatic N) is 2. The van der Waals surface area contributed by atoms with E-state index in [-0.39, 0.29) is 21.2 Å². The fourth-order valence-electron chi connectivity index (χ4n) is 3.22. The lowest BCUT2D eigenvalue weighted by atomic mass is 10.1. The molecule has 1 aliphatic heterocycles. The number of pyridine rings is 1. The molecule has 0 spiro atoms. The van der Waals surface area contributed by atoms with Gasteiger partial charge in [0.05, 0.1) is 4.90 Å². The Labute approximate surface area is 191 Å². The molecule has 9 nitrogen and oxygen atoms in total. The number of carbonyl (C=O) groups excluding carboxylic acids is 1. The zero-order valence-corrected chi connectivity index (χ0v) is 19.2. The van der Waals surface area contributed by atoms with Crippen LogP contribution >= 0.6 is 0 Å². The van der Waals surface area contributed by atoms with Crippen molar-refractivity contribution in [1.29, 1.82) is 0 Å². The Hall–Kier alpha value is -3.70. The molecular weight excluding hydrogens is 466 g/mol. The van der Waals surface area contributed by atoms with Gasteiger partial charge in [-0.2, -0.15) is 8.42 Å². The largest absolute Gasteiger partial charge is 0.376 e. The van der Waals surface area contributed by atoms with Gasteiger partial charge in [0.2, 0.25) is 0 Å². The standard InChI is InChI=1S/C22H19N3O6S2/c1-15-10-12-16(13-11-15)33(29,30)31-21-17-7-3-4-8-18(17)32(27,28)25(2)20(21)22(26)24-19-9-5-6-14-23-19/h3-14H,1-2H3,(H,23,24,26). The average molecular weight is 486 g/mol. The van der Waals surface area contributed by atoms with E-state index in [0.717, 1.165) is 12.6 Å². The number of sulfonamides is 1. The molecule has 1 N–H and O–H groups in total. The van der Waals surface area contributed by atoms with Crippen molar-refractivity contribution < 1.29 is 25.8 Å². The maximum atomic E-state index is 13.2. The number of carbonyl (C=O) groups is 1. The fraction of sp³-hybridized carbons (Fsp3) is 0.0909. The molecule has 0 bridgehead atoms. The lowest BCUT2D eigenvalue weighted by Gasteiger charge is -2.30. The van der Waals surface area contributed by atoms with Crippen LogP contribution in [0.5, 0.6) is 0 Å². The molecule has 0 fully saturated rings. The molecule has 0 radical (unpaired) electrons. The minimum absolute atomic E-state index is 0.0440. The third kappa shape index (κ3) is 4.20. The van der Waals surface area contributed by atoms with Gasteiger partial charge in [0.25, 0.3) is 15.9 Å². The van der Waals surface area contributed by atoms with Crippen LogP contribution in [0.4, 0.5) is 5.82 Å². The summed E-state index contributed by atoms with van der Waals surface area (Å²) >= 11 is 0. The summed E-state index contributed by atoms with van der Waals surface area (Å²) in [7, 11) is -7.39. The zero-order chi connectivity index (χ0) is 23.8. The Morgan fingerprint density at radius 2 is 1.67 bits per heavy atom. The van der Waals surface area contributed by atoms with Crippen LogP contribution in [0.1, 0.15) is 11.1 Å². The van der Waals surface area contributed by atoms with Gasteiger partial charge in [0.1, 0.15) is 10.7 Å². The predicted octanol–water partition coefficient (Wildman–Crippen LogP) is 2.74. The number of fused-ring (bicyclic) bond motifs is 1. The highest BCUT2D eigenvalue weighted by atomic mass is 32.2. The molecule has 33 heavy (non-hydrogen) atoms. The number of aryl methyl sites for hydroxylation is 1. The van der Waals surface area contributed by atoms with Crippen molar-refractivity contribution >= 4 is 37.6 Å². The molecular formula is C22H19N3O6S2. The van der Waals surface area contributed by atoms with Gasteiger partial charge in [-0.15, -0.1) is 0 Å². The van der Waals surface area contributed by atoms with Crippen molar-refractivity contribution in [3.63, 3.8) is 0 Å². The first-order chi connectivity index (χ1) is 15.6. The summed E-state index contributed by atoms with van der Waals surface area (Å²) in [6.45, 7) is 1.80. The monoisotopic (exact) mass is 485 g/mol. The Kier molecular flexibility index (Phi) is 5.68. The van der Waals surface area contributed by atoms with Crippen molar-refractivity contribution in [2.75, 3.05) is 12.4 Å². The first kappa shape index (κ1) is 22.5. The highest BCUT2D eigenvalue weighted by Gasteiger charge is 2.40. The summed E-state index contributed by atoms with van der Waals surface area (Å²) in [4.78, 5) is 16.8. The van der Waals surface area contributed by atoms with E-state index in [4.69, 9.17) is 4.18 Å². The van der Waals surface area contributed by atoms with E-state index < -0.39 is 37.5 Å². The van der Waals surface area contributed by atoms with Crippen molar-refractivity contribution in [3.8, 4) is 0 Å². The average Bonchev–Trinajstić information content (AvgIpc) is 2.78. The van der Waals surface area contributed by atoms with Crippen molar-refractivity contribution in [1.82, 2.24) is 9.29 Å². The summed E-state index contributed by atoms with van der Waals surface area (Å²) in [6, 6.07) is 16.4. The van der Waals surface area contributed by atoms with E-state index in [0.29, 0.717) is 4.31 Å². The van der Waals surface area contributed by atoms with E-state index >= 15 is 0 Å². The molecule has 2 aromatic carbocycles. The number of anilines is 1. The van der Waals surface area contributed by atoms with E-state index in [2.05, 4.69) is 10.3 Å². The second-order valence-corrected chi connectivity index (χ2v) is 10.7. The van der Waals surface area contributed by atoms with E-state index in [1.54, 1.807) is 31.2 Å². The fourth-order valence-corrected chi connectivity index (χ4v) is 5.57. The summed E-state index contributed by atoms with van der Waals surface area (Å²) in [6.07, 6.45) is 1.44. The van der Waals surface area contributed by atoms with Gasteiger partial charge < -0.3 is 9.50 Å². The van der Waals surface area contributed by atoms with Crippen LogP contribution < -0.4 is 5.32 Å². The van der Waals surface area contributed by atoms with Crippen LogP contribution in [-0.4, -0.2) is 39.1 Å². The highest BCUT2D eigenvalue weighted by molar-refractivity contribution is 7.89. The van der Waals surface area contributed by atoms with E-state index in [1.165, 1.54) is 48.7 Å². The quantitative estimate of drug-likeness (QED) is 0.551. The maximum absolute atomic E-state index is 13.2. The molecule has 170 valence electrons. The molecule has 0 saturated carbocycles. The van der Waals surface area contributed by atoms with Crippen LogP contribution in [0.25, 0.3) is 5.76 Å². The Morgan fingerprint density at radius 1 is 1.00 bits per heavy atom. The molecule has 3 aromatic rings. The zero-order valence-electron chi connectivity index (χ0n) is 17.6. The summed E-state index contributed by atoms with van der Waals surface area (Å²) in [5.41, 5.74) is 0.310. The predicted molar refractivity (Wildman–Crippen MR) is 121 cm³/mol. The van der Waals surface area contributed by atoms with Gasteiger partial charge in [-0.3, -0.25) is 9.10 Å². The van der Waals surface area contributed by atoms with E-state index in [9.17, 15) is 21.6 Å². The maximum Gasteiger partial charge on any atom is 0.339 e. The van der Waals surface area contributed by atoms with Crippen molar-refractivity contribution in [2.45, 2.75) is 16.7 Å². The molecule has 2 heterocycles. The molecule has 0 unspecified atom stereocenters. The van der Waals surface area contributed by atoms with Gasteiger partial charge in [0, 0.05) is 18.8 Å². The first-order valence-corrected chi connectivity index (χ1v) is 12.5. The molecule has 11 heteroatoms. The number of nitrogens with one attached hydrogen (secondary N) is 1. The van der Waals surface area contributed by atoms with Crippen molar-refractivity contribution in [2.24, 2.45) is 0 Å². The minimum atomic E-state index is -4.39. The number of benzene rings is 2. The number of rotatable bonds is 5. The number of hydrogen-bond acceptors (Lipinski definition) is 7. The lowest BCUT2D eigenvalue weighted by Crippen LogP contribution is -2.38. The summed E-state index contributed by atoms with van der Waals surface area (Å²) < 4.78 is 58.4. The van der Waals surface area contributed by atoms with Crippen molar-refractivity contribution in [3.05, 3.63) is 89.8 Å². The second kappa shape index (κ2) is 8.34. The van der Waals surface area contributed by atoms with E-state index in [1.807, 2.05) is 0 Å². The molecule has 1 aromatic heterocycles. The minimum Gasteiger partial charge on any atom is -0.376 e. The summed E-state index contributed by atoms with van der Waals surface area (Å²) in [5.74, 6) is -1.15. The number of likely N-dealkylation sites (N-methyl/N-ethyl adjacent to an activating group) is 1. The van der Waals surface area contributed by atoms with Gasteiger partial charge in [-0.05, 0) is 43.3 Å². The SMILES string of the molecule is Cc1ccc(S(=O)(=O)OC2=C(C(=O)Nc3ccccn3)N(C)S(=O)(=O)c3ccccc32)cc1. The Morgan fingerprint density at radius 3 is 2.33 bits per heavy atom. The van der Waals surface area contributed by atoms with Gasteiger partial charge in [-0.1, -0.05) is 35.9 Å².